The van der Waals surface area contributed by atoms with Gasteiger partial charge < -0.3 is 21.3 Å². The zero-order valence-electron chi connectivity index (χ0n) is 45.2. The minimum Gasteiger partial charge on any atom is -0.355 e. The van der Waals surface area contributed by atoms with E-state index in [4.69, 9.17) is 17.5 Å². The topological polar surface area (TPSA) is 185 Å². The largest absolute Gasteiger partial charge is 0.355 e. The number of fused-ring (bicyclic) bond motifs is 8. The highest BCUT2D eigenvalue weighted by atomic mass is 32.1. The third-order valence-corrected chi connectivity index (χ3v) is 20.4. The molecule has 0 radical (unpaired) electrons. The molecule has 10 aromatic carbocycles. The van der Waals surface area contributed by atoms with E-state index in [9.17, 15) is 19.2 Å². The fourth-order valence-electron chi connectivity index (χ4n) is 13.2. The van der Waals surface area contributed by atoms with Crippen LogP contribution in [-0.4, -0.2) is 46.4 Å². The zero-order chi connectivity index (χ0) is 58.1. The number of anilines is 8. The number of nitrogens with one attached hydrogen (secondary N) is 4. The lowest BCUT2D eigenvalue weighted by molar-refractivity contribution is 0.103. The highest BCUT2D eigenvalue weighted by Gasteiger charge is 2.35. The van der Waals surface area contributed by atoms with Crippen molar-refractivity contribution in [2.75, 3.05) is 21.3 Å². The fraction of sp³-hybridized carbons (Fsp3) is 0.0143. The van der Waals surface area contributed by atoms with Crippen LogP contribution in [0.1, 0.15) is 85.2 Å². The molecule has 4 N–H and O–H groups in total. The molecule has 0 amide bonds. The number of carbonyl (C=O) groups excluding carboxylic acids is 5. The van der Waals surface area contributed by atoms with Crippen molar-refractivity contribution in [3.05, 3.63) is 237 Å². The number of benzene rings is 10. The lowest BCUT2D eigenvalue weighted by Crippen LogP contribution is -2.15. The Balaban J connectivity index is 0.799. The summed E-state index contributed by atoms with van der Waals surface area (Å²) in [6.45, 7) is 1.92. The first-order valence-corrected chi connectivity index (χ1v) is 30.9. The summed E-state index contributed by atoms with van der Waals surface area (Å²) in [7, 11) is 0. The minimum absolute atomic E-state index is 0.133. The molecule has 0 unspecified atom stereocenters. The molecule has 4 aliphatic rings. The predicted molar refractivity (Wildman–Crippen MR) is 348 cm³/mol. The van der Waals surface area contributed by atoms with Gasteiger partial charge in [-0.15, -0.1) is 0 Å². The van der Waals surface area contributed by atoms with E-state index in [1.54, 1.807) is 24.3 Å². The van der Waals surface area contributed by atoms with Gasteiger partial charge in [0.25, 0.3) is 0 Å². The summed E-state index contributed by atoms with van der Waals surface area (Å²) >= 11 is 5.40. The van der Waals surface area contributed by atoms with Crippen LogP contribution in [0.15, 0.2) is 176 Å². The van der Waals surface area contributed by atoms with Crippen molar-refractivity contribution in [2.24, 2.45) is 0 Å². The van der Waals surface area contributed by atoms with Gasteiger partial charge in [0, 0.05) is 94.2 Å². The number of aromatic nitrogens is 4. The predicted octanol–water partition coefficient (Wildman–Crippen LogP) is 17.5. The van der Waals surface area contributed by atoms with E-state index in [2.05, 4.69) is 21.3 Å². The average molecular weight is 1200 g/mol. The summed E-state index contributed by atoms with van der Waals surface area (Å²) in [5, 5.41) is 17.7. The van der Waals surface area contributed by atoms with Crippen LogP contribution in [0.4, 0.5) is 45.5 Å². The highest BCUT2D eigenvalue weighted by molar-refractivity contribution is 7.15. The maximum atomic E-state index is 16.1. The van der Waals surface area contributed by atoms with Crippen LogP contribution in [0.5, 0.6) is 0 Å². The second-order valence-electron chi connectivity index (χ2n) is 21.9. The molecular formula is C70H36N8O5S4. The molecule has 0 saturated heterocycles. The number of rotatable bonds is 10. The lowest BCUT2D eigenvalue weighted by Gasteiger charge is -2.23. The van der Waals surface area contributed by atoms with Crippen LogP contribution in [0.2, 0.25) is 0 Å². The van der Waals surface area contributed by atoms with E-state index in [-0.39, 0.29) is 34.3 Å². The summed E-state index contributed by atoms with van der Waals surface area (Å²) in [5.41, 5.74) is 14.9. The molecule has 0 saturated carbocycles. The monoisotopic (exact) mass is 1200 g/mol. The summed E-state index contributed by atoms with van der Waals surface area (Å²) in [5.74, 6) is -1.02. The van der Waals surface area contributed by atoms with Crippen molar-refractivity contribution in [2.45, 2.75) is 6.92 Å². The van der Waals surface area contributed by atoms with Gasteiger partial charge in [0.05, 0.1) is 92.3 Å². The van der Waals surface area contributed by atoms with Crippen LogP contribution >= 0.6 is 46.1 Å². The molecule has 0 atom stereocenters. The van der Waals surface area contributed by atoms with Crippen LogP contribution in [0, 0.1) is 6.92 Å². The van der Waals surface area contributed by atoms with Crippen molar-refractivity contribution < 1.29 is 24.0 Å². The smallest absolute Gasteiger partial charge is 0.196 e. The molecule has 410 valence electrons. The maximum Gasteiger partial charge on any atom is 0.196 e. The molecule has 0 bridgehead atoms. The van der Waals surface area contributed by atoms with Crippen molar-refractivity contribution in [1.82, 2.24) is 17.5 Å². The van der Waals surface area contributed by atoms with Gasteiger partial charge in [-0.05, 0) is 137 Å². The Labute approximate surface area is 509 Å². The highest BCUT2D eigenvalue weighted by Crippen LogP contribution is 2.49. The molecule has 4 aliphatic carbocycles. The van der Waals surface area contributed by atoms with Crippen molar-refractivity contribution in [3.63, 3.8) is 0 Å². The lowest BCUT2D eigenvalue weighted by atomic mass is 9.86. The zero-order valence-corrected chi connectivity index (χ0v) is 48.5. The van der Waals surface area contributed by atoms with Crippen LogP contribution in [0.3, 0.4) is 0 Å². The molecule has 87 heavy (non-hydrogen) atoms. The normalized spacial score (nSPS) is 13.0. The number of ketones is 5. The Morgan fingerprint density at radius 2 is 0.644 bits per heavy atom. The van der Waals surface area contributed by atoms with Gasteiger partial charge in [-0.25, -0.2) is 0 Å². The average Bonchev–Trinajstić information content (AvgIpc) is 1.89. The third kappa shape index (κ3) is 7.13. The molecule has 0 aliphatic heterocycles. The molecule has 0 spiro atoms. The van der Waals surface area contributed by atoms with Gasteiger partial charge in [-0.3, -0.25) is 24.0 Å². The molecule has 13 nitrogen and oxygen atoms in total. The van der Waals surface area contributed by atoms with Gasteiger partial charge in [-0.2, -0.15) is 17.5 Å². The minimum atomic E-state index is -0.399. The fourth-order valence-corrected chi connectivity index (χ4v) is 16.4. The van der Waals surface area contributed by atoms with E-state index in [1.165, 1.54) is 46.1 Å². The van der Waals surface area contributed by atoms with E-state index in [1.807, 2.05) is 159 Å². The molecular weight excluding hydrogens is 1160 g/mol. The first kappa shape index (κ1) is 49.7. The molecule has 0 fully saturated rings. The summed E-state index contributed by atoms with van der Waals surface area (Å²) in [6.07, 6.45) is 0. The quantitative estimate of drug-likeness (QED) is 0.0949. The first-order chi connectivity index (χ1) is 42.6. The standard InChI is InChI=1S/C70H36N8O5S4/c1-31-47(72-44-19-3-11-36-55(44)68(81)40-15-7-23-51-59(40)63(36)76-85-51)28-32(29-48(31)73-45-20-4-12-37-56(45)69(82)41-16-8-24-52-60(41)64(37)77-86-52)66(79)34-27-26-33(71-43-18-2-10-35-54(43)67(80)39-14-6-22-50-58(39)62(35)75-84-50)30-49(34)74-46-21-5-13-38-57(46)70(83)42-17-9-25-53-61(42)65(38)78-87-53/h2-30,71-74H,1H3. The SMILES string of the molecule is Cc1c(Nc2cccc3c2C(=O)c2cccc4snc-3c24)cc(C(=O)c2ccc(Nc3cccc4c3C(=O)c3cccc5snc-4c35)cc2Nc2cccc3c2C(=O)c2cccc4snc-3c24)cc1Nc1cccc2c1C(=O)c1cccc3snc-2c13. The second kappa shape index (κ2) is 18.4. The van der Waals surface area contributed by atoms with Crippen LogP contribution in [-0.2, 0) is 0 Å². The third-order valence-electron chi connectivity index (χ3n) is 17.2. The van der Waals surface area contributed by atoms with E-state index in [0.29, 0.717) is 118 Å². The van der Waals surface area contributed by atoms with E-state index in [0.717, 1.165) is 63.0 Å². The summed E-state index contributed by atoms with van der Waals surface area (Å²) in [6, 6.07) is 54.2. The van der Waals surface area contributed by atoms with Crippen molar-refractivity contribution in [3.8, 4) is 45.0 Å². The Hall–Kier alpha value is -10.7. The second-order valence-corrected chi connectivity index (χ2v) is 25.1. The van der Waals surface area contributed by atoms with Gasteiger partial charge >= 0.3 is 0 Å². The van der Waals surface area contributed by atoms with Crippen LogP contribution in [0.25, 0.3) is 85.4 Å². The first-order valence-electron chi connectivity index (χ1n) is 27.8. The Morgan fingerprint density at radius 1 is 0.333 bits per heavy atom. The molecule has 14 aromatic rings. The molecule has 17 heteroatoms. The van der Waals surface area contributed by atoms with Crippen LogP contribution < -0.4 is 21.3 Å². The van der Waals surface area contributed by atoms with Crippen molar-refractivity contribution in [1.29, 1.82) is 0 Å². The Bertz CT molecular complexity index is 5410. The maximum absolute atomic E-state index is 16.1. The summed E-state index contributed by atoms with van der Waals surface area (Å²) < 4.78 is 23.0. The summed E-state index contributed by atoms with van der Waals surface area (Å²) in [4.78, 5) is 75.0. The van der Waals surface area contributed by atoms with Gasteiger partial charge in [-0.1, -0.05) is 97.1 Å². The van der Waals surface area contributed by atoms with Gasteiger partial charge in [0.15, 0.2) is 28.9 Å². The molecule has 4 heterocycles. The van der Waals surface area contributed by atoms with Gasteiger partial charge in [0.2, 0.25) is 0 Å². The number of hydrogen-bond acceptors (Lipinski definition) is 17. The Morgan fingerprint density at radius 3 is 1.00 bits per heavy atom. The number of nitrogens with zero attached hydrogens (tertiary/aromatic N) is 4. The number of hydrogen-bond donors (Lipinski definition) is 4. The molecule has 18 rings (SSSR count). The number of carbonyl (C=O) groups is 5. The van der Waals surface area contributed by atoms with E-state index < -0.39 is 5.78 Å². The molecule has 4 aromatic heterocycles. The van der Waals surface area contributed by atoms with Gasteiger partial charge in [0.1, 0.15) is 0 Å². The van der Waals surface area contributed by atoms with E-state index >= 15 is 4.79 Å². The Kier molecular flexibility index (Phi) is 10.5. The van der Waals surface area contributed by atoms with Crippen molar-refractivity contribution >= 4 is 161 Å².